The number of aliphatic hydroxyl groups is 1. The number of hydrogen-bond donors (Lipinski definition) is 1. The Morgan fingerprint density at radius 3 is 2.85 bits per heavy atom. The molecule has 0 saturated carbocycles. The van der Waals surface area contributed by atoms with E-state index in [4.69, 9.17) is 21.4 Å². The lowest BCUT2D eigenvalue weighted by molar-refractivity contribution is 0.130. The van der Waals surface area contributed by atoms with Gasteiger partial charge in [-0.25, -0.2) is 0 Å². The second-order valence-electron chi connectivity index (χ2n) is 2.69. The third kappa shape index (κ3) is 3.18. The molecule has 72 valence electrons. The van der Waals surface area contributed by atoms with E-state index in [1.807, 2.05) is 6.07 Å². The van der Waals surface area contributed by atoms with Crippen LogP contribution in [0.2, 0.25) is 5.02 Å². The monoisotopic (exact) mass is 264 g/mol. The van der Waals surface area contributed by atoms with E-state index in [-0.39, 0.29) is 12.7 Å². The molecule has 1 aromatic carbocycles. The largest absolute Gasteiger partial charge is 0.488 e. The minimum atomic E-state index is -0.211. The fourth-order valence-corrected chi connectivity index (χ4v) is 1.24. The summed E-state index contributed by atoms with van der Waals surface area (Å²) in [7, 11) is 0. The van der Waals surface area contributed by atoms with E-state index < -0.39 is 0 Å². The third-order valence-electron chi connectivity index (χ3n) is 1.49. The van der Waals surface area contributed by atoms with Crippen molar-refractivity contribution in [2.24, 2.45) is 0 Å². The SMILES string of the molecule is CC(CO)Oc1ccc(Br)c(Cl)c1. The standard InChI is InChI=1S/C9H10BrClO2/c1-6(5-12)13-7-2-3-8(10)9(11)4-7/h2-4,6,12H,5H2,1H3. The van der Waals surface area contributed by atoms with E-state index in [2.05, 4.69) is 15.9 Å². The first-order valence-corrected chi connectivity index (χ1v) is 5.03. The van der Waals surface area contributed by atoms with Gasteiger partial charge in [-0.05, 0) is 41.1 Å². The van der Waals surface area contributed by atoms with Crippen LogP contribution in [0, 0.1) is 0 Å². The van der Waals surface area contributed by atoms with Gasteiger partial charge in [-0.15, -0.1) is 0 Å². The molecule has 1 rings (SSSR count). The van der Waals surface area contributed by atoms with Crippen LogP contribution in [0.5, 0.6) is 5.75 Å². The van der Waals surface area contributed by atoms with Gasteiger partial charge in [0.05, 0.1) is 11.6 Å². The average molecular weight is 266 g/mol. The molecule has 0 radical (unpaired) electrons. The van der Waals surface area contributed by atoms with Crippen LogP contribution in [0.25, 0.3) is 0 Å². The predicted octanol–water partition coefficient (Wildman–Crippen LogP) is 2.86. The van der Waals surface area contributed by atoms with E-state index >= 15 is 0 Å². The Morgan fingerprint density at radius 2 is 2.31 bits per heavy atom. The fourth-order valence-electron chi connectivity index (χ4n) is 0.820. The maximum atomic E-state index is 8.75. The minimum absolute atomic E-state index is 0.00627. The minimum Gasteiger partial charge on any atom is -0.488 e. The molecular weight excluding hydrogens is 255 g/mol. The maximum Gasteiger partial charge on any atom is 0.121 e. The van der Waals surface area contributed by atoms with Crippen molar-refractivity contribution in [2.75, 3.05) is 6.61 Å². The smallest absolute Gasteiger partial charge is 0.121 e. The molecule has 13 heavy (non-hydrogen) atoms. The normalized spacial score (nSPS) is 12.6. The Kier molecular flexibility index (Phi) is 4.03. The number of hydrogen-bond acceptors (Lipinski definition) is 2. The zero-order valence-corrected chi connectivity index (χ0v) is 9.47. The Balaban J connectivity index is 2.73. The summed E-state index contributed by atoms with van der Waals surface area (Å²) >= 11 is 9.13. The van der Waals surface area contributed by atoms with Gasteiger partial charge in [0, 0.05) is 4.47 Å². The lowest BCUT2D eigenvalue weighted by atomic mass is 10.3. The first-order valence-electron chi connectivity index (χ1n) is 3.86. The fraction of sp³-hybridized carbons (Fsp3) is 0.333. The van der Waals surface area contributed by atoms with Gasteiger partial charge in [0.2, 0.25) is 0 Å². The van der Waals surface area contributed by atoms with Gasteiger partial charge in [-0.3, -0.25) is 0 Å². The quantitative estimate of drug-likeness (QED) is 0.911. The van der Waals surface area contributed by atoms with Crippen molar-refractivity contribution in [3.05, 3.63) is 27.7 Å². The van der Waals surface area contributed by atoms with E-state index in [0.29, 0.717) is 10.8 Å². The van der Waals surface area contributed by atoms with Crippen LogP contribution in [-0.2, 0) is 0 Å². The molecule has 0 bridgehead atoms. The van der Waals surface area contributed by atoms with Gasteiger partial charge in [0.1, 0.15) is 11.9 Å². The lowest BCUT2D eigenvalue weighted by Gasteiger charge is -2.12. The molecule has 0 saturated heterocycles. The molecule has 0 aliphatic carbocycles. The van der Waals surface area contributed by atoms with Crippen molar-refractivity contribution in [1.82, 2.24) is 0 Å². The summed E-state index contributed by atoms with van der Waals surface area (Å²) < 4.78 is 6.18. The van der Waals surface area contributed by atoms with Crippen LogP contribution in [-0.4, -0.2) is 17.8 Å². The van der Waals surface area contributed by atoms with Crippen molar-refractivity contribution in [2.45, 2.75) is 13.0 Å². The van der Waals surface area contributed by atoms with Crippen molar-refractivity contribution < 1.29 is 9.84 Å². The molecule has 0 aromatic heterocycles. The molecule has 4 heteroatoms. The molecule has 1 atom stereocenters. The molecule has 0 amide bonds. The summed E-state index contributed by atoms with van der Waals surface area (Å²) in [4.78, 5) is 0. The highest BCUT2D eigenvalue weighted by molar-refractivity contribution is 9.10. The van der Waals surface area contributed by atoms with E-state index in [1.54, 1.807) is 19.1 Å². The third-order valence-corrected chi connectivity index (χ3v) is 2.72. The van der Waals surface area contributed by atoms with E-state index in [9.17, 15) is 0 Å². The van der Waals surface area contributed by atoms with Crippen LogP contribution in [0.3, 0.4) is 0 Å². The van der Waals surface area contributed by atoms with Crippen molar-refractivity contribution >= 4 is 27.5 Å². The first kappa shape index (κ1) is 10.8. The Bertz CT molecular complexity index is 291. The summed E-state index contributed by atoms with van der Waals surface area (Å²) in [5, 5.41) is 9.35. The Hall–Kier alpha value is -0.250. The molecule has 0 spiro atoms. The topological polar surface area (TPSA) is 29.5 Å². The second kappa shape index (κ2) is 4.84. The summed E-state index contributed by atoms with van der Waals surface area (Å²) in [5.74, 6) is 0.662. The molecule has 1 aromatic rings. The molecule has 0 fully saturated rings. The summed E-state index contributed by atoms with van der Waals surface area (Å²) in [5.41, 5.74) is 0. The van der Waals surface area contributed by atoms with E-state index in [1.165, 1.54) is 0 Å². The van der Waals surface area contributed by atoms with Crippen LogP contribution in [0.1, 0.15) is 6.92 Å². The van der Waals surface area contributed by atoms with Gasteiger partial charge in [-0.1, -0.05) is 11.6 Å². The van der Waals surface area contributed by atoms with Crippen molar-refractivity contribution in [1.29, 1.82) is 0 Å². The lowest BCUT2D eigenvalue weighted by Crippen LogP contribution is -2.16. The van der Waals surface area contributed by atoms with Crippen LogP contribution < -0.4 is 4.74 Å². The van der Waals surface area contributed by atoms with Crippen molar-refractivity contribution in [3.8, 4) is 5.75 Å². The van der Waals surface area contributed by atoms with Crippen LogP contribution >= 0.6 is 27.5 Å². The number of benzene rings is 1. The average Bonchev–Trinajstić information content (AvgIpc) is 2.11. The van der Waals surface area contributed by atoms with Gasteiger partial charge < -0.3 is 9.84 Å². The number of aliphatic hydroxyl groups excluding tert-OH is 1. The molecule has 0 aliphatic rings. The van der Waals surface area contributed by atoms with Gasteiger partial charge in [0.25, 0.3) is 0 Å². The van der Waals surface area contributed by atoms with Gasteiger partial charge in [-0.2, -0.15) is 0 Å². The van der Waals surface area contributed by atoms with Gasteiger partial charge >= 0.3 is 0 Å². The van der Waals surface area contributed by atoms with Crippen LogP contribution in [0.15, 0.2) is 22.7 Å². The molecule has 1 unspecified atom stereocenters. The molecule has 1 N–H and O–H groups in total. The zero-order chi connectivity index (χ0) is 9.84. The molecule has 2 nitrogen and oxygen atoms in total. The zero-order valence-electron chi connectivity index (χ0n) is 7.13. The number of halogens is 2. The molecule has 0 heterocycles. The highest BCUT2D eigenvalue weighted by Gasteiger charge is 2.03. The highest BCUT2D eigenvalue weighted by atomic mass is 79.9. The van der Waals surface area contributed by atoms with Gasteiger partial charge in [0.15, 0.2) is 0 Å². The predicted molar refractivity (Wildman–Crippen MR) is 56.3 cm³/mol. The summed E-state index contributed by atoms with van der Waals surface area (Å²) in [6.45, 7) is 1.78. The highest BCUT2D eigenvalue weighted by Crippen LogP contribution is 2.27. The maximum absolute atomic E-state index is 8.75. The summed E-state index contributed by atoms with van der Waals surface area (Å²) in [6, 6.07) is 5.31. The first-order chi connectivity index (χ1) is 6.13. The molecular formula is C9H10BrClO2. The number of rotatable bonds is 3. The van der Waals surface area contributed by atoms with Crippen molar-refractivity contribution in [3.63, 3.8) is 0 Å². The number of ether oxygens (including phenoxy) is 1. The molecule has 0 aliphatic heterocycles. The van der Waals surface area contributed by atoms with E-state index in [0.717, 1.165) is 4.47 Å². The second-order valence-corrected chi connectivity index (χ2v) is 3.95. The Labute approximate surface area is 90.6 Å². The van der Waals surface area contributed by atoms with Crippen LogP contribution in [0.4, 0.5) is 0 Å². The Morgan fingerprint density at radius 1 is 1.62 bits per heavy atom. The summed E-state index contributed by atoms with van der Waals surface area (Å²) in [6.07, 6.45) is -0.211.